The summed E-state index contributed by atoms with van der Waals surface area (Å²) >= 11 is 0. The molecule has 0 amide bonds. The summed E-state index contributed by atoms with van der Waals surface area (Å²) < 4.78 is 0. The third kappa shape index (κ3) is 3.74. The van der Waals surface area contributed by atoms with Gasteiger partial charge in [0.1, 0.15) is 0 Å². The van der Waals surface area contributed by atoms with Gasteiger partial charge >= 0.3 is 0 Å². The first-order valence-corrected chi connectivity index (χ1v) is 13.0. The summed E-state index contributed by atoms with van der Waals surface area (Å²) in [6.45, 7) is 0. The average Bonchev–Trinajstić information content (AvgIpc) is 3.79. The van der Waals surface area contributed by atoms with Crippen LogP contribution in [0, 0.1) is 0 Å². The maximum Gasteiger partial charge on any atom is 0.170 e. The fourth-order valence-electron chi connectivity index (χ4n) is 6.95. The first kappa shape index (κ1) is 20.6. The van der Waals surface area contributed by atoms with Crippen LogP contribution in [0.1, 0.15) is 87.4 Å². The molecule has 168 valence electrons. The molecule has 0 radical (unpaired) electrons. The molecule has 0 aromatic heterocycles. The van der Waals surface area contributed by atoms with Crippen molar-refractivity contribution in [3.63, 3.8) is 0 Å². The number of hydrogen-bond donors (Lipinski definition) is 0. The molecule has 32 heavy (non-hydrogen) atoms. The van der Waals surface area contributed by atoms with Gasteiger partial charge in [-0.05, 0) is 36.8 Å². The number of rotatable bonds is 6. The third-order valence-corrected chi connectivity index (χ3v) is 8.56. The van der Waals surface area contributed by atoms with Crippen molar-refractivity contribution in [1.29, 1.82) is 0 Å². The molecule has 2 aromatic rings. The van der Waals surface area contributed by atoms with E-state index < -0.39 is 0 Å². The first-order chi connectivity index (χ1) is 15.8. The Hall–Kier alpha value is -1.97. The minimum atomic E-state index is 0.0744. The Morgan fingerprint density at radius 1 is 0.562 bits per heavy atom. The van der Waals surface area contributed by atoms with Gasteiger partial charge in [-0.2, -0.15) is 0 Å². The van der Waals surface area contributed by atoms with Gasteiger partial charge in [0.05, 0.1) is 24.2 Å². The monoisotopic (exact) mass is 428 g/mol. The van der Waals surface area contributed by atoms with Crippen LogP contribution in [0.25, 0.3) is 0 Å². The maximum atomic E-state index is 14.2. The SMILES string of the molecule is O=C([C@@H]1[C@H](c2ccccc2)N1C1CCCCC1)[C@@H]1[C@H](c2ccccc2)N1C1CCCCC1. The highest BCUT2D eigenvalue weighted by molar-refractivity contribution is 5.96. The molecule has 0 N–H and O–H groups in total. The quantitative estimate of drug-likeness (QED) is 0.522. The van der Waals surface area contributed by atoms with Crippen LogP contribution in [0.2, 0.25) is 0 Å². The second-order valence-corrected chi connectivity index (χ2v) is 10.5. The molecule has 0 spiro atoms. The van der Waals surface area contributed by atoms with Gasteiger partial charge in [-0.1, -0.05) is 99.2 Å². The zero-order valence-electron chi connectivity index (χ0n) is 19.1. The molecule has 2 heterocycles. The highest BCUT2D eigenvalue weighted by atomic mass is 16.1. The summed E-state index contributed by atoms with van der Waals surface area (Å²) in [6.07, 6.45) is 13.0. The van der Waals surface area contributed by atoms with Gasteiger partial charge in [-0.3, -0.25) is 14.6 Å². The van der Waals surface area contributed by atoms with Crippen LogP contribution in [-0.4, -0.2) is 39.8 Å². The minimum absolute atomic E-state index is 0.0744. The summed E-state index contributed by atoms with van der Waals surface area (Å²) in [5.41, 5.74) is 2.66. The van der Waals surface area contributed by atoms with Gasteiger partial charge in [-0.25, -0.2) is 0 Å². The lowest BCUT2D eigenvalue weighted by molar-refractivity contribution is -0.120. The molecular formula is C29H36N2O. The van der Waals surface area contributed by atoms with Crippen LogP contribution in [0.5, 0.6) is 0 Å². The van der Waals surface area contributed by atoms with E-state index in [9.17, 15) is 4.79 Å². The minimum Gasteiger partial charge on any atom is -0.296 e. The van der Waals surface area contributed by atoms with Crippen LogP contribution < -0.4 is 0 Å². The zero-order valence-corrected chi connectivity index (χ0v) is 19.1. The number of carbonyl (C=O) groups excluding carboxylic acids is 1. The molecule has 2 saturated carbocycles. The number of benzene rings is 2. The fraction of sp³-hybridized carbons (Fsp3) is 0.552. The fourth-order valence-corrected chi connectivity index (χ4v) is 6.95. The number of carbonyl (C=O) groups is 1. The van der Waals surface area contributed by atoms with Gasteiger partial charge in [0.15, 0.2) is 5.78 Å². The predicted molar refractivity (Wildman–Crippen MR) is 128 cm³/mol. The highest BCUT2D eigenvalue weighted by Crippen LogP contribution is 2.55. The summed E-state index contributed by atoms with van der Waals surface area (Å²) in [4.78, 5) is 19.3. The van der Waals surface area contributed by atoms with Gasteiger partial charge < -0.3 is 0 Å². The van der Waals surface area contributed by atoms with E-state index in [-0.39, 0.29) is 24.2 Å². The van der Waals surface area contributed by atoms with Crippen LogP contribution in [0.4, 0.5) is 0 Å². The molecule has 4 aliphatic rings. The largest absolute Gasteiger partial charge is 0.296 e. The molecule has 3 heteroatoms. The van der Waals surface area contributed by atoms with E-state index in [0.29, 0.717) is 17.9 Å². The van der Waals surface area contributed by atoms with Crippen molar-refractivity contribution in [2.45, 2.75) is 100 Å². The molecule has 2 unspecified atom stereocenters. The molecule has 2 aromatic carbocycles. The second-order valence-electron chi connectivity index (χ2n) is 10.5. The van der Waals surface area contributed by atoms with E-state index in [4.69, 9.17) is 0 Å². The molecule has 2 aliphatic heterocycles. The summed E-state index contributed by atoms with van der Waals surface area (Å²) in [7, 11) is 0. The van der Waals surface area contributed by atoms with Gasteiger partial charge in [0.2, 0.25) is 0 Å². The zero-order chi connectivity index (χ0) is 21.5. The molecule has 2 saturated heterocycles. The molecular weight excluding hydrogens is 392 g/mol. The topological polar surface area (TPSA) is 23.1 Å². The van der Waals surface area contributed by atoms with Crippen molar-refractivity contribution in [3.8, 4) is 0 Å². The number of nitrogens with zero attached hydrogens (tertiary/aromatic N) is 2. The smallest absolute Gasteiger partial charge is 0.170 e. The van der Waals surface area contributed by atoms with Crippen LogP contribution >= 0.6 is 0 Å². The van der Waals surface area contributed by atoms with Crippen molar-refractivity contribution in [2.24, 2.45) is 0 Å². The van der Waals surface area contributed by atoms with Crippen molar-refractivity contribution >= 4 is 5.78 Å². The van der Waals surface area contributed by atoms with Crippen LogP contribution in [0.15, 0.2) is 60.7 Å². The third-order valence-electron chi connectivity index (χ3n) is 8.56. The number of Topliss-reactive ketones (excluding diaryl/α,β-unsaturated/α-hetero) is 1. The van der Waals surface area contributed by atoms with Crippen molar-refractivity contribution in [3.05, 3.63) is 71.8 Å². The van der Waals surface area contributed by atoms with Crippen molar-refractivity contribution in [2.75, 3.05) is 0 Å². The Bertz CT molecular complexity index is 841. The van der Waals surface area contributed by atoms with E-state index in [2.05, 4.69) is 70.5 Å². The highest BCUT2D eigenvalue weighted by Gasteiger charge is 2.64. The van der Waals surface area contributed by atoms with E-state index >= 15 is 0 Å². The summed E-state index contributed by atoms with van der Waals surface area (Å²) in [6, 6.07) is 23.5. The summed E-state index contributed by atoms with van der Waals surface area (Å²) in [5, 5.41) is 0. The Kier molecular flexibility index (Phi) is 5.64. The molecule has 0 bridgehead atoms. The van der Waals surface area contributed by atoms with Gasteiger partial charge in [0.25, 0.3) is 0 Å². The standard InChI is InChI=1S/C29H36N2O/c32-29(27-25(21-13-5-1-6-14-21)30(27)23-17-9-3-10-18-23)28-26(22-15-7-2-8-16-22)31(28)24-19-11-4-12-20-24/h1-2,5-8,13-16,23-28H,3-4,9-12,17-20H2/t25-,26-,27-,28-,30?,31?/m0/s1. The molecule has 6 atom stereocenters. The average molecular weight is 429 g/mol. The first-order valence-electron chi connectivity index (χ1n) is 13.0. The van der Waals surface area contributed by atoms with E-state index in [1.165, 1.54) is 75.3 Å². The lowest BCUT2D eigenvalue weighted by Gasteiger charge is -2.25. The van der Waals surface area contributed by atoms with Gasteiger partial charge in [-0.15, -0.1) is 0 Å². The summed E-state index contributed by atoms with van der Waals surface area (Å²) in [5.74, 6) is 0.490. The Labute approximate surface area is 192 Å². The molecule has 3 nitrogen and oxygen atoms in total. The van der Waals surface area contributed by atoms with Crippen molar-refractivity contribution < 1.29 is 4.79 Å². The Morgan fingerprint density at radius 3 is 1.31 bits per heavy atom. The molecule has 4 fully saturated rings. The predicted octanol–water partition coefficient (Wildman–Crippen LogP) is 6.07. The lowest BCUT2D eigenvalue weighted by Crippen LogP contribution is -2.31. The van der Waals surface area contributed by atoms with Crippen molar-refractivity contribution in [1.82, 2.24) is 9.80 Å². The number of hydrogen-bond acceptors (Lipinski definition) is 3. The Balaban J connectivity index is 1.28. The molecule has 6 rings (SSSR count). The van der Waals surface area contributed by atoms with E-state index in [1.807, 2.05) is 0 Å². The van der Waals surface area contributed by atoms with E-state index in [1.54, 1.807) is 0 Å². The van der Waals surface area contributed by atoms with E-state index in [0.717, 1.165) is 0 Å². The molecule has 2 aliphatic carbocycles. The Morgan fingerprint density at radius 2 is 0.938 bits per heavy atom. The number of ketones is 1. The van der Waals surface area contributed by atoms with Crippen LogP contribution in [0.3, 0.4) is 0 Å². The van der Waals surface area contributed by atoms with Gasteiger partial charge in [0, 0.05) is 12.1 Å². The second kappa shape index (κ2) is 8.76. The van der Waals surface area contributed by atoms with Crippen LogP contribution in [-0.2, 0) is 4.79 Å². The lowest BCUT2D eigenvalue weighted by atomic mass is 9.95. The maximum absolute atomic E-state index is 14.2. The normalized spacial score (nSPS) is 35.4.